The van der Waals surface area contributed by atoms with Crippen LogP contribution in [0.15, 0.2) is 30.0 Å². The molecule has 0 spiro atoms. The fourth-order valence-electron chi connectivity index (χ4n) is 1.13. The molecule has 0 aliphatic heterocycles. The average molecular weight is 217 g/mol. The predicted molar refractivity (Wildman–Crippen MR) is 58.4 cm³/mol. The lowest BCUT2D eigenvalue weighted by Crippen LogP contribution is -2.04. The van der Waals surface area contributed by atoms with E-state index in [1.54, 1.807) is 31.2 Å². The molecule has 0 fully saturated rings. The molecule has 1 aromatic rings. The van der Waals surface area contributed by atoms with E-state index in [4.69, 9.17) is 15.1 Å². The van der Waals surface area contributed by atoms with Crippen LogP contribution in [0.5, 0.6) is 0 Å². The van der Waals surface area contributed by atoms with Crippen molar-refractivity contribution < 1.29 is 14.6 Å². The second kappa shape index (κ2) is 5.56. The third-order valence-corrected chi connectivity index (χ3v) is 1.85. The van der Waals surface area contributed by atoms with Gasteiger partial charge < -0.3 is 9.84 Å². The second-order valence-corrected chi connectivity index (χ2v) is 2.98. The summed E-state index contributed by atoms with van der Waals surface area (Å²) in [5.41, 5.74) is 1.22. The standard InChI is InChI=1S/C12H11NO3/c1-2-16-11(12(14)15)7-9-3-5-10(8-13)6-4-9/h3-7H,2H2,1H3,(H,14,15). The van der Waals surface area contributed by atoms with Crippen LogP contribution in [0.3, 0.4) is 0 Å². The third kappa shape index (κ3) is 3.14. The van der Waals surface area contributed by atoms with Gasteiger partial charge in [0.25, 0.3) is 0 Å². The quantitative estimate of drug-likeness (QED) is 0.618. The zero-order valence-electron chi connectivity index (χ0n) is 8.80. The van der Waals surface area contributed by atoms with E-state index in [0.29, 0.717) is 17.7 Å². The Balaban J connectivity index is 2.95. The van der Waals surface area contributed by atoms with Crippen molar-refractivity contribution in [3.8, 4) is 6.07 Å². The van der Waals surface area contributed by atoms with Gasteiger partial charge in [0.2, 0.25) is 5.76 Å². The molecule has 0 saturated heterocycles. The van der Waals surface area contributed by atoms with Crippen LogP contribution in [0.4, 0.5) is 0 Å². The summed E-state index contributed by atoms with van der Waals surface area (Å²) in [6.45, 7) is 2.02. The van der Waals surface area contributed by atoms with Gasteiger partial charge >= 0.3 is 5.97 Å². The Labute approximate surface area is 93.4 Å². The molecule has 0 bridgehead atoms. The summed E-state index contributed by atoms with van der Waals surface area (Å²) in [4.78, 5) is 10.8. The first-order valence-electron chi connectivity index (χ1n) is 4.75. The monoisotopic (exact) mass is 217 g/mol. The number of carboxylic acids is 1. The number of nitrogens with zero attached hydrogens (tertiary/aromatic N) is 1. The molecule has 0 saturated carbocycles. The summed E-state index contributed by atoms with van der Waals surface area (Å²) in [7, 11) is 0. The van der Waals surface area contributed by atoms with E-state index in [1.165, 1.54) is 6.08 Å². The van der Waals surface area contributed by atoms with Crippen molar-refractivity contribution in [1.29, 1.82) is 5.26 Å². The van der Waals surface area contributed by atoms with Crippen molar-refractivity contribution in [3.05, 3.63) is 41.2 Å². The number of nitriles is 1. The number of hydrogen-bond acceptors (Lipinski definition) is 3. The number of ether oxygens (including phenoxy) is 1. The number of benzene rings is 1. The van der Waals surface area contributed by atoms with Gasteiger partial charge in [0.1, 0.15) is 0 Å². The van der Waals surface area contributed by atoms with Gasteiger partial charge in [-0.05, 0) is 30.7 Å². The van der Waals surface area contributed by atoms with Crippen LogP contribution in [0.25, 0.3) is 6.08 Å². The SMILES string of the molecule is CCOC(=Cc1ccc(C#N)cc1)C(=O)O. The van der Waals surface area contributed by atoms with Crippen LogP contribution in [0.1, 0.15) is 18.1 Å². The Morgan fingerprint density at radius 2 is 2.12 bits per heavy atom. The predicted octanol–water partition coefficient (Wildman–Crippen LogP) is 2.02. The maximum Gasteiger partial charge on any atom is 0.371 e. The van der Waals surface area contributed by atoms with E-state index in [-0.39, 0.29) is 5.76 Å². The summed E-state index contributed by atoms with van der Waals surface area (Å²) in [5, 5.41) is 17.4. The minimum Gasteiger partial charge on any atom is -0.487 e. The topological polar surface area (TPSA) is 70.3 Å². The molecular formula is C12H11NO3. The third-order valence-electron chi connectivity index (χ3n) is 1.85. The van der Waals surface area contributed by atoms with Gasteiger partial charge in [-0.2, -0.15) is 5.26 Å². The number of aliphatic carboxylic acids is 1. The summed E-state index contributed by atoms with van der Waals surface area (Å²) >= 11 is 0. The van der Waals surface area contributed by atoms with E-state index in [1.807, 2.05) is 6.07 Å². The minimum absolute atomic E-state index is 0.104. The highest BCUT2D eigenvalue weighted by Crippen LogP contribution is 2.09. The Hall–Kier alpha value is -2.28. The van der Waals surface area contributed by atoms with Crippen LogP contribution < -0.4 is 0 Å². The van der Waals surface area contributed by atoms with Crippen molar-refractivity contribution in [2.24, 2.45) is 0 Å². The van der Waals surface area contributed by atoms with Crippen molar-refractivity contribution in [2.75, 3.05) is 6.61 Å². The largest absolute Gasteiger partial charge is 0.487 e. The molecule has 4 heteroatoms. The molecule has 0 unspecified atom stereocenters. The molecular weight excluding hydrogens is 206 g/mol. The molecule has 0 radical (unpaired) electrons. The van der Waals surface area contributed by atoms with Crippen LogP contribution in [-0.2, 0) is 9.53 Å². The molecule has 82 valence electrons. The molecule has 0 atom stereocenters. The first-order valence-corrected chi connectivity index (χ1v) is 4.75. The summed E-state index contributed by atoms with van der Waals surface area (Å²) in [6.07, 6.45) is 1.42. The number of hydrogen-bond donors (Lipinski definition) is 1. The molecule has 1 aromatic carbocycles. The van der Waals surface area contributed by atoms with Gasteiger partial charge in [-0.25, -0.2) is 4.79 Å². The summed E-state index contributed by atoms with van der Waals surface area (Å²) < 4.78 is 4.96. The Morgan fingerprint density at radius 3 is 2.56 bits per heavy atom. The molecule has 0 aliphatic rings. The zero-order chi connectivity index (χ0) is 12.0. The van der Waals surface area contributed by atoms with Gasteiger partial charge in [0, 0.05) is 0 Å². The van der Waals surface area contributed by atoms with E-state index < -0.39 is 5.97 Å². The minimum atomic E-state index is -1.11. The lowest BCUT2D eigenvalue weighted by molar-refractivity contribution is -0.136. The van der Waals surface area contributed by atoms with Crippen molar-refractivity contribution in [1.82, 2.24) is 0 Å². The number of carboxylic acid groups (broad SMARTS) is 1. The lowest BCUT2D eigenvalue weighted by atomic mass is 10.1. The van der Waals surface area contributed by atoms with E-state index in [0.717, 1.165) is 0 Å². The van der Waals surface area contributed by atoms with Gasteiger partial charge in [-0.3, -0.25) is 0 Å². The van der Waals surface area contributed by atoms with Crippen molar-refractivity contribution in [2.45, 2.75) is 6.92 Å². The molecule has 0 aliphatic carbocycles. The maximum absolute atomic E-state index is 10.8. The Kier molecular flexibility index (Phi) is 4.10. The number of rotatable bonds is 4. The fraction of sp³-hybridized carbons (Fsp3) is 0.167. The van der Waals surface area contributed by atoms with E-state index in [9.17, 15) is 4.79 Å². The highest BCUT2D eigenvalue weighted by molar-refractivity contribution is 5.89. The van der Waals surface area contributed by atoms with Gasteiger partial charge in [-0.15, -0.1) is 0 Å². The maximum atomic E-state index is 10.8. The molecule has 0 aromatic heterocycles. The van der Waals surface area contributed by atoms with E-state index in [2.05, 4.69) is 0 Å². The molecule has 0 amide bonds. The van der Waals surface area contributed by atoms with Crippen molar-refractivity contribution >= 4 is 12.0 Å². The van der Waals surface area contributed by atoms with Crippen molar-refractivity contribution in [3.63, 3.8) is 0 Å². The van der Waals surface area contributed by atoms with Gasteiger partial charge in [0.05, 0.1) is 18.2 Å². The normalized spacial score (nSPS) is 10.6. The first-order chi connectivity index (χ1) is 7.67. The highest BCUT2D eigenvalue weighted by Gasteiger charge is 2.07. The molecule has 16 heavy (non-hydrogen) atoms. The lowest BCUT2D eigenvalue weighted by Gasteiger charge is -2.03. The fourth-order valence-corrected chi connectivity index (χ4v) is 1.13. The Bertz CT molecular complexity index is 440. The zero-order valence-corrected chi connectivity index (χ0v) is 8.80. The van der Waals surface area contributed by atoms with Crippen LogP contribution in [0, 0.1) is 11.3 Å². The van der Waals surface area contributed by atoms with Gasteiger partial charge in [-0.1, -0.05) is 12.1 Å². The van der Waals surface area contributed by atoms with Crippen LogP contribution in [0.2, 0.25) is 0 Å². The highest BCUT2D eigenvalue weighted by atomic mass is 16.5. The summed E-state index contributed by atoms with van der Waals surface area (Å²) in [5.74, 6) is -1.21. The average Bonchev–Trinajstić information content (AvgIpc) is 2.29. The van der Waals surface area contributed by atoms with Crippen LogP contribution >= 0.6 is 0 Å². The molecule has 0 heterocycles. The molecule has 1 N–H and O–H groups in total. The number of carbonyl (C=O) groups is 1. The second-order valence-electron chi connectivity index (χ2n) is 2.98. The molecule has 1 rings (SSSR count). The molecule has 4 nitrogen and oxygen atoms in total. The van der Waals surface area contributed by atoms with Crippen LogP contribution in [-0.4, -0.2) is 17.7 Å². The van der Waals surface area contributed by atoms with Gasteiger partial charge in [0.15, 0.2) is 0 Å². The Morgan fingerprint density at radius 1 is 1.50 bits per heavy atom. The first kappa shape index (κ1) is 11.8. The van der Waals surface area contributed by atoms with E-state index >= 15 is 0 Å². The smallest absolute Gasteiger partial charge is 0.371 e. The summed E-state index contributed by atoms with van der Waals surface area (Å²) in [6, 6.07) is 8.57.